The van der Waals surface area contributed by atoms with Gasteiger partial charge in [0, 0.05) is 30.8 Å². The summed E-state index contributed by atoms with van der Waals surface area (Å²) in [5.41, 5.74) is 1.17. The number of carbonyl (C=O) groups excluding carboxylic acids is 1. The summed E-state index contributed by atoms with van der Waals surface area (Å²) < 4.78 is 27.1. The molecular formula is C20H23N3O5S. The second kappa shape index (κ2) is 8.71. The average Bonchev–Trinajstić information content (AvgIpc) is 2.99. The van der Waals surface area contributed by atoms with E-state index in [4.69, 9.17) is 0 Å². The number of anilines is 1. The second-order valence-corrected chi connectivity index (χ2v) is 8.99. The van der Waals surface area contributed by atoms with E-state index in [0.29, 0.717) is 24.3 Å². The lowest BCUT2D eigenvalue weighted by Gasteiger charge is -2.20. The summed E-state index contributed by atoms with van der Waals surface area (Å²) in [6, 6.07) is 9.98. The fraction of sp³-hybridized carbons (Fsp3) is 0.350. The molecule has 0 radical (unpaired) electrons. The summed E-state index contributed by atoms with van der Waals surface area (Å²) in [6.45, 7) is 2.75. The van der Waals surface area contributed by atoms with Crippen LogP contribution >= 0.6 is 0 Å². The third kappa shape index (κ3) is 4.80. The molecule has 8 nitrogen and oxygen atoms in total. The molecule has 154 valence electrons. The molecule has 1 saturated heterocycles. The first-order valence-corrected chi connectivity index (χ1v) is 10.9. The number of hydrogen-bond acceptors (Lipinski definition) is 5. The minimum atomic E-state index is -3.58. The first kappa shape index (κ1) is 20.9. The van der Waals surface area contributed by atoms with Gasteiger partial charge in [-0.25, -0.2) is 8.42 Å². The number of nitrogens with zero attached hydrogens (tertiary/aromatic N) is 2. The zero-order valence-corrected chi connectivity index (χ0v) is 16.9. The third-order valence-electron chi connectivity index (χ3n) is 5.00. The summed E-state index contributed by atoms with van der Waals surface area (Å²) in [6.07, 6.45) is 3.76. The molecule has 0 aromatic heterocycles. The van der Waals surface area contributed by atoms with Gasteiger partial charge in [-0.2, -0.15) is 4.31 Å². The fourth-order valence-corrected chi connectivity index (χ4v) is 4.78. The number of non-ortho nitro benzene ring substituents is 1. The van der Waals surface area contributed by atoms with E-state index in [1.807, 2.05) is 0 Å². The van der Waals surface area contributed by atoms with Crippen LogP contribution in [0.4, 0.5) is 11.4 Å². The molecule has 0 unspecified atom stereocenters. The molecule has 1 heterocycles. The number of sulfonamides is 1. The predicted octanol–water partition coefficient (Wildman–Crippen LogP) is 3.72. The summed E-state index contributed by atoms with van der Waals surface area (Å²) in [7, 11) is -3.58. The van der Waals surface area contributed by atoms with Crippen LogP contribution in [0, 0.1) is 17.0 Å². The van der Waals surface area contributed by atoms with E-state index < -0.39 is 20.9 Å². The molecule has 2 aromatic rings. The molecule has 1 aliphatic rings. The van der Waals surface area contributed by atoms with Crippen LogP contribution in [-0.2, 0) is 10.0 Å². The standard InChI is InChI=1S/C20H23N3O5S/c1-15-6-9-17(23(25)26)14-19(15)21-20(24)16-7-10-18(11-8-16)29(27,28)22-12-4-2-3-5-13-22/h6-11,14H,2-5,12-13H2,1H3,(H,21,24). The van der Waals surface area contributed by atoms with Crippen molar-refractivity contribution in [1.82, 2.24) is 4.31 Å². The first-order valence-electron chi connectivity index (χ1n) is 9.45. The smallest absolute Gasteiger partial charge is 0.271 e. The van der Waals surface area contributed by atoms with Crippen molar-refractivity contribution in [2.45, 2.75) is 37.5 Å². The van der Waals surface area contributed by atoms with Crippen molar-refractivity contribution in [3.05, 3.63) is 63.7 Å². The maximum atomic E-state index is 12.8. The number of hydrogen-bond donors (Lipinski definition) is 1. The van der Waals surface area contributed by atoms with Gasteiger partial charge in [0.25, 0.3) is 11.6 Å². The molecule has 29 heavy (non-hydrogen) atoms. The van der Waals surface area contributed by atoms with Crippen molar-refractivity contribution < 1.29 is 18.1 Å². The van der Waals surface area contributed by atoms with Crippen LogP contribution in [0.1, 0.15) is 41.6 Å². The van der Waals surface area contributed by atoms with Gasteiger partial charge in [0.05, 0.1) is 15.5 Å². The lowest BCUT2D eigenvalue weighted by molar-refractivity contribution is -0.384. The van der Waals surface area contributed by atoms with Gasteiger partial charge < -0.3 is 5.32 Å². The number of nitro benzene ring substituents is 1. The number of carbonyl (C=O) groups is 1. The maximum Gasteiger partial charge on any atom is 0.271 e. The predicted molar refractivity (Wildman–Crippen MR) is 109 cm³/mol. The molecule has 1 amide bonds. The van der Waals surface area contributed by atoms with E-state index in [0.717, 1.165) is 25.7 Å². The van der Waals surface area contributed by atoms with E-state index in [9.17, 15) is 23.3 Å². The molecule has 1 aliphatic heterocycles. The Kier molecular flexibility index (Phi) is 6.29. The van der Waals surface area contributed by atoms with Gasteiger partial charge >= 0.3 is 0 Å². The van der Waals surface area contributed by atoms with Crippen LogP contribution in [0.2, 0.25) is 0 Å². The van der Waals surface area contributed by atoms with Crippen molar-refractivity contribution in [1.29, 1.82) is 0 Å². The fourth-order valence-electron chi connectivity index (χ4n) is 3.26. The van der Waals surface area contributed by atoms with E-state index in [2.05, 4.69) is 5.32 Å². The van der Waals surface area contributed by atoms with E-state index in [1.165, 1.54) is 40.7 Å². The van der Waals surface area contributed by atoms with Gasteiger partial charge in [-0.3, -0.25) is 14.9 Å². The number of aryl methyl sites for hydroxylation is 1. The summed E-state index contributed by atoms with van der Waals surface area (Å²) in [4.78, 5) is 23.1. The number of nitrogens with one attached hydrogen (secondary N) is 1. The highest BCUT2D eigenvalue weighted by atomic mass is 32.2. The molecule has 3 rings (SSSR count). The van der Waals surface area contributed by atoms with Crippen molar-refractivity contribution in [2.75, 3.05) is 18.4 Å². The van der Waals surface area contributed by atoms with Crippen LogP contribution in [0.15, 0.2) is 47.4 Å². The van der Waals surface area contributed by atoms with Crippen LogP contribution in [-0.4, -0.2) is 36.6 Å². The van der Waals surface area contributed by atoms with Gasteiger partial charge in [0.2, 0.25) is 10.0 Å². The monoisotopic (exact) mass is 417 g/mol. The Balaban J connectivity index is 1.77. The topological polar surface area (TPSA) is 110 Å². The lowest BCUT2D eigenvalue weighted by Crippen LogP contribution is -2.31. The number of rotatable bonds is 5. The average molecular weight is 417 g/mol. The molecule has 0 spiro atoms. The van der Waals surface area contributed by atoms with Crippen LogP contribution in [0.3, 0.4) is 0 Å². The molecule has 1 fully saturated rings. The quantitative estimate of drug-likeness (QED) is 0.589. The molecule has 2 aromatic carbocycles. The van der Waals surface area contributed by atoms with Gasteiger partial charge in [-0.1, -0.05) is 18.9 Å². The Morgan fingerprint density at radius 2 is 1.66 bits per heavy atom. The molecule has 1 N–H and O–H groups in total. The third-order valence-corrected chi connectivity index (χ3v) is 6.91. The lowest BCUT2D eigenvalue weighted by atomic mass is 10.1. The molecule has 0 atom stereocenters. The Morgan fingerprint density at radius 3 is 2.24 bits per heavy atom. The molecule has 0 aliphatic carbocycles. The van der Waals surface area contributed by atoms with Crippen molar-refractivity contribution >= 4 is 27.3 Å². The normalized spacial score (nSPS) is 15.5. The van der Waals surface area contributed by atoms with E-state index in [1.54, 1.807) is 13.0 Å². The summed E-state index contributed by atoms with van der Waals surface area (Å²) >= 11 is 0. The van der Waals surface area contributed by atoms with Gasteiger partial charge in [0.15, 0.2) is 0 Å². The van der Waals surface area contributed by atoms with Crippen LogP contribution in [0.5, 0.6) is 0 Å². The number of amides is 1. The zero-order chi connectivity index (χ0) is 21.0. The Bertz CT molecular complexity index is 1010. The highest BCUT2D eigenvalue weighted by molar-refractivity contribution is 7.89. The Hall–Kier alpha value is -2.78. The number of benzene rings is 2. The highest BCUT2D eigenvalue weighted by Crippen LogP contribution is 2.24. The van der Waals surface area contributed by atoms with Crippen LogP contribution < -0.4 is 5.32 Å². The minimum absolute atomic E-state index is 0.121. The van der Waals surface area contributed by atoms with Gasteiger partial charge in [-0.05, 0) is 49.6 Å². The number of nitro groups is 1. The largest absolute Gasteiger partial charge is 0.321 e. The maximum absolute atomic E-state index is 12.8. The second-order valence-electron chi connectivity index (χ2n) is 7.05. The molecule has 0 saturated carbocycles. The summed E-state index contributed by atoms with van der Waals surface area (Å²) in [5.74, 6) is -0.465. The Morgan fingerprint density at radius 1 is 1.03 bits per heavy atom. The van der Waals surface area contributed by atoms with Gasteiger partial charge in [-0.15, -0.1) is 0 Å². The van der Waals surface area contributed by atoms with Crippen molar-refractivity contribution in [3.63, 3.8) is 0 Å². The Labute approximate surface area is 169 Å². The zero-order valence-electron chi connectivity index (χ0n) is 16.1. The first-order chi connectivity index (χ1) is 13.8. The molecule has 9 heteroatoms. The SMILES string of the molecule is Cc1ccc([N+](=O)[O-])cc1NC(=O)c1ccc(S(=O)(=O)N2CCCCCC2)cc1. The van der Waals surface area contributed by atoms with Crippen molar-refractivity contribution in [2.24, 2.45) is 0 Å². The highest BCUT2D eigenvalue weighted by Gasteiger charge is 2.25. The van der Waals surface area contributed by atoms with Gasteiger partial charge in [0.1, 0.15) is 0 Å². The van der Waals surface area contributed by atoms with E-state index >= 15 is 0 Å². The van der Waals surface area contributed by atoms with Crippen LogP contribution in [0.25, 0.3) is 0 Å². The van der Waals surface area contributed by atoms with E-state index in [-0.39, 0.29) is 16.1 Å². The molecular weight excluding hydrogens is 394 g/mol. The van der Waals surface area contributed by atoms with Crippen molar-refractivity contribution in [3.8, 4) is 0 Å². The minimum Gasteiger partial charge on any atom is -0.321 e. The summed E-state index contributed by atoms with van der Waals surface area (Å²) in [5, 5.41) is 13.6. The molecule has 0 bridgehead atoms.